The van der Waals surface area contributed by atoms with Crippen molar-refractivity contribution in [3.8, 4) is 17.2 Å². The van der Waals surface area contributed by atoms with E-state index in [1.54, 1.807) is 0 Å². The first-order valence-electron chi connectivity index (χ1n) is 4.63. The molecule has 3 nitrogen and oxygen atoms in total. The van der Waals surface area contributed by atoms with E-state index in [0.29, 0.717) is 6.79 Å². The topological polar surface area (TPSA) is 27.7 Å². The summed E-state index contributed by atoms with van der Waals surface area (Å²) in [5.74, 6) is 2.45. The van der Waals surface area contributed by atoms with Crippen LogP contribution in [-0.4, -0.2) is 15.1 Å². The zero-order chi connectivity index (χ0) is 10.2. The van der Waals surface area contributed by atoms with E-state index in [4.69, 9.17) is 13.9 Å². The molecule has 0 saturated carbocycles. The summed E-state index contributed by atoms with van der Waals surface area (Å²) >= 11 is 0. The summed E-state index contributed by atoms with van der Waals surface area (Å²) < 4.78 is 16.3. The van der Waals surface area contributed by atoms with Crippen LogP contribution < -0.4 is 13.9 Å². The van der Waals surface area contributed by atoms with Gasteiger partial charge in [-0.3, -0.25) is 0 Å². The molecule has 0 radical (unpaired) electrons. The Morgan fingerprint density at radius 2 is 1.86 bits per heavy atom. The fourth-order valence-corrected chi connectivity index (χ4v) is 2.13. The van der Waals surface area contributed by atoms with Crippen molar-refractivity contribution in [1.82, 2.24) is 0 Å². The molecule has 1 heterocycles. The zero-order valence-electron chi connectivity index (χ0n) is 8.66. The van der Waals surface area contributed by atoms with Crippen LogP contribution in [0.15, 0.2) is 18.2 Å². The zero-order valence-corrected chi connectivity index (χ0v) is 9.66. The van der Waals surface area contributed by atoms with E-state index >= 15 is 0 Å². The van der Waals surface area contributed by atoms with Crippen LogP contribution in [0.5, 0.6) is 17.2 Å². The van der Waals surface area contributed by atoms with Crippen LogP contribution in [-0.2, 0) is 0 Å². The molecule has 0 unspecified atom stereocenters. The first-order valence-corrected chi connectivity index (χ1v) is 8.04. The van der Waals surface area contributed by atoms with Gasteiger partial charge in [0, 0.05) is 6.07 Å². The highest BCUT2D eigenvalue weighted by Crippen LogP contribution is 2.35. The van der Waals surface area contributed by atoms with E-state index in [2.05, 4.69) is 19.6 Å². The monoisotopic (exact) mass is 210 g/mol. The van der Waals surface area contributed by atoms with Crippen molar-refractivity contribution in [1.29, 1.82) is 0 Å². The van der Waals surface area contributed by atoms with Crippen molar-refractivity contribution in [2.45, 2.75) is 19.6 Å². The van der Waals surface area contributed by atoms with Gasteiger partial charge in [0.15, 0.2) is 11.5 Å². The number of fused-ring (bicyclic) bond motifs is 1. The largest absolute Gasteiger partial charge is 0.544 e. The third kappa shape index (κ3) is 2.01. The molecule has 1 aliphatic heterocycles. The van der Waals surface area contributed by atoms with Gasteiger partial charge in [-0.05, 0) is 31.8 Å². The highest BCUT2D eigenvalue weighted by atomic mass is 28.4. The summed E-state index contributed by atoms with van der Waals surface area (Å²) in [6.45, 7) is 6.76. The Balaban J connectivity index is 2.21. The molecule has 0 atom stereocenters. The molecule has 0 saturated heterocycles. The molecule has 1 aromatic carbocycles. The molecular weight excluding hydrogens is 196 g/mol. The van der Waals surface area contributed by atoms with Crippen LogP contribution >= 0.6 is 0 Å². The Hall–Kier alpha value is -1.16. The van der Waals surface area contributed by atoms with Gasteiger partial charge in [0.1, 0.15) is 5.75 Å². The van der Waals surface area contributed by atoms with E-state index in [-0.39, 0.29) is 0 Å². The fraction of sp³-hybridized carbons (Fsp3) is 0.400. The smallest absolute Gasteiger partial charge is 0.242 e. The highest BCUT2D eigenvalue weighted by Gasteiger charge is 2.19. The standard InChI is InChI=1S/C10H14O3Si/c1-14(2,3)13-8-4-5-9-10(6-8)12-7-11-9/h4-6H,7H2,1-3H3. The fourth-order valence-electron chi connectivity index (χ4n) is 1.29. The summed E-state index contributed by atoms with van der Waals surface area (Å²) in [6, 6.07) is 5.70. The first-order chi connectivity index (χ1) is 6.54. The van der Waals surface area contributed by atoms with Gasteiger partial charge in [-0.15, -0.1) is 0 Å². The molecule has 14 heavy (non-hydrogen) atoms. The molecular formula is C10H14O3Si. The number of benzene rings is 1. The summed E-state index contributed by atoms with van der Waals surface area (Å²) in [7, 11) is -1.53. The van der Waals surface area contributed by atoms with Crippen LogP contribution in [0, 0.1) is 0 Å². The minimum atomic E-state index is -1.53. The molecule has 1 aromatic rings. The van der Waals surface area contributed by atoms with Crippen molar-refractivity contribution >= 4 is 8.32 Å². The molecule has 0 amide bonds. The summed E-state index contributed by atoms with van der Waals surface area (Å²) in [5, 5.41) is 0. The number of ether oxygens (including phenoxy) is 2. The van der Waals surface area contributed by atoms with Crippen LogP contribution in [0.1, 0.15) is 0 Å². The van der Waals surface area contributed by atoms with Gasteiger partial charge in [-0.2, -0.15) is 0 Å². The maximum Gasteiger partial charge on any atom is 0.242 e. The highest BCUT2D eigenvalue weighted by molar-refractivity contribution is 6.70. The molecule has 76 valence electrons. The van der Waals surface area contributed by atoms with E-state index in [9.17, 15) is 0 Å². The summed E-state index contributed by atoms with van der Waals surface area (Å²) in [4.78, 5) is 0. The molecule has 4 heteroatoms. The minimum absolute atomic E-state index is 0.311. The van der Waals surface area contributed by atoms with E-state index in [0.717, 1.165) is 17.2 Å². The Morgan fingerprint density at radius 1 is 1.14 bits per heavy atom. The molecule has 0 fully saturated rings. The van der Waals surface area contributed by atoms with Gasteiger partial charge in [-0.25, -0.2) is 0 Å². The lowest BCUT2D eigenvalue weighted by Crippen LogP contribution is -2.29. The molecule has 1 aliphatic rings. The van der Waals surface area contributed by atoms with Gasteiger partial charge in [0.05, 0.1) is 0 Å². The van der Waals surface area contributed by atoms with Crippen LogP contribution in [0.3, 0.4) is 0 Å². The molecule has 2 rings (SSSR count). The Labute approximate surface area is 84.7 Å². The predicted molar refractivity (Wildman–Crippen MR) is 56.5 cm³/mol. The van der Waals surface area contributed by atoms with Crippen molar-refractivity contribution in [3.05, 3.63) is 18.2 Å². The Morgan fingerprint density at radius 3 is 2.57 bits per heavy atom. The Kier molecular flexibility index (Phi) is 2.15. The predicted octanol–water partition coefficient (Wildman–Crippen LogP) is 2.63. The van der Waals surface area contributed by atoms with E-state index in [1.807, 2.05) is 18.2 Å². The SMILES string of the molecule is C[Si](C)(C)Oc1ccc2c(c1)OCO2. The third-order valence-electron chi connectivity index (χ3n) is 1.77. The molecule has 0 spiro atoms. The van der Waals surface area contributed by atoms with Crippen molar-refractivity contribution in [2.75, 3.05) is 6.79 Å². The number of hydrogen-bond acceptors (Lipinski definition) is 3. The minimum Gasteiger partial charge on any atom is -0.544 e. The van der Waals surface area contributed by atoms with Gasteiger partial charge < -0.3 is 13.9 Å². The van der Waals surface area contributed by atoms with E-state index in [1.165, 1.54) is 0 Å². The van der Waals surface area contributed by atoms with Gasteiger partial charge in [-0.1, -0.05) is 0 Å². The van der Waals surface area contributed by atoms with Crippen molar-refractivity contribution < 1.29 is 13.9 Å². The lowest BCUT2D eigenvalue weighted by atomic mass is 10.3. The van der Waals surface area contributed by atoms with Gasteiger partial charge in [0.2, 0.25) is 15.1 Å². The molecule has 0 aliphatic carbocycles. The van der Waals surface area contributed by atoms with Crippen molar-refractivity contribution in [3.63, 3.8) is 0 Å². The maximum atomic E-state index is 5.83. The normalized spacial score (nSPS) is 14.2. The molecule has 0 N–H and O–H groups in total. The van der Waals surface area contributed by atoms with E-state index < -0.39 is 8.32 Å². The van der Waals surface area contributed by atoms with Crippen LogP contribution in [0.2, 0.25) is 19.6 Å². The summed E-state index contributed by atoms with van der Waals surface area (Å²) in [5.41, 5.74) is 0. The van der Waals surface area contributed by atoms with Gasteiger partial charge >= 0.3 is 0 Å². The summed E-state index contributed by atoms with van der Waals surface area (Å²) in [6.07, 6.45) is 0. The lowest BCUT2D eigenvalue weighted by Gasteiger charge is -2.19. The second-order valence-corrected chi connectivity index (χ2v) is 8.66. The van der Waals surface area contributed by atoms with Gasteiger partial charge in [0.25, 0.3) is 0 Å². The average Bonchev–Trinajstić information content (AvgIpc) is 2.47. The second kappa shape index (κ2) is 3.20. The van der Waals surface area contributed by atoms with Crippen molar-refractivity contribution in [2.24, 2.45) is 0 Å². The number of hydrogen-bond donors (Lipinski definition) is 0. The van der Waals surface area contributed by atoms with Crippen LogP contribution in [0.25, 0.3) is 0 Å². The molecule has 0 aromatic heterocycles. The average molecular weight is 210 g/mol. The molecule has 0 bridgehead atoms. The maximum absolute atomic E-state index is 5.83. The lowest BCUT2D eigenvalue weighted by molar-refractivity contribution is 0.174. The second-order valence-electron chi connectivity index (χ2n) is 4.23. The van der Waals surface area contributed by atoms with Crippen LogP contribution in [0.4, 0.5) is 0 Å². The number of rotatable bonds is 2. The quantitative estimate of drug-likeness (QED) is 0.702. The first kappa shape index (κ1) is 9.39. The Bertz CT molecular complexity index is 344. The third-order valence-corrected chi connectivity index (χ3v) is 2.62.